The Morgan fingerprint density at radius 3 is 2.50 bits per heavy atom. The molecule has 0 atom stereocenters. The molecule has 0 radical (unpaired) electrons. The second-order valence-corrected chi connectivity index (χ2v) is 8.43. The normalized spacial score (nSPS) is 16.1. The summed E-state index contributed by atoms with van der Waals surface area (Å²) in [7, 11) is 0. The summed E-state index contributed by atoms with van der Waals surface area (Å²) >= 11 is 6.90. The Hall–Kier alpha value is -2.50. The van der Waals surface area contributed by atoms with Crippen LogP contribution in [0.25, 0.3) is 17.0 Å². The summed E-state index contributed by atoms with van der Waals surface area (Å²) in [5.41, 5.74) is 2.93. The van der Waals surface area contributed by atoms with Crippen LogP contribution in [0.15, 0.2) is 59.6 Å². The van der Waals surface area contributed by atoms with Gasteiger partial charge in [-0.25, -0.2) is 0 Å². The lowest BCUT2D eigenvalue weighted by Gasteiger charge is -2.12. The predicted octanol–water partition coefficient (Wildman–Crippen LogP) is 6.11. The van der Waals surface area contributed by atoms with Crippen LogP contribution < -0.4 is 0 Å². The lowest BCUT2D eigenvalue weighted by Crippen LogP contribution is -2.27. The molecule has 2 amide bonds. The molecule has 2 aromatic carbocycles. The van der Waals surface area contributed by atoms with Crippen molar-refractivity contribution in [3.63, 3.8) is 0 Å². The van der Waals surface area contributed by atoms with Gasteiger partial charge >= 0.3 is 0 Å². The first kappa shape index (κ1) is 18.8. The standard InChI is InChI=1S/C22H19ClN2O2S/c1-14(2)24-13-16(18-5-3-4-6-19(18)24)11-20-21(26)25(22(27)28-20)12-15-7-9-17(23)10-8-15/h3-11,13-14H,12H2,1-2H3/b20-11+. The molecule has 0 aliphatic carbocycles. The molecule has 3 aromatic rings. The molecule has 1 saturated heterocycles. The first-order valence-corrected chi connectivity index (χ1v) is 10.2. The maximum Gasteiger partial charge on any atom is 0.293 e. The van der Waals surface area contributed by atoms with Gasteiger partial charge in [-0.3, -0.25) is 14.5 Å². The Morgan fingerprint density at radius 1 is 1.07 bits per heavy atom. The third kappa shape index (κ3) is 3.48. The lowest BCUT2D eigenvalue weighted by atomic mass is 10.1. The van der Waals surface area contributed by atoms with Crippen molar-refractivity contribution in [2.24, 2.45) is 0 Å². The first-order chi connectivity index (χ1) is 13.4. The smallest absolute Gasteiger partial charge is 0.293 e. The summed E-state index contributed by atoms with van der Waals surface area (Å²) in [6, 6.07) is 15.6. The summed E-state index contributed by atoms with van der Waals surface area (Å²) in [5.74, 6) is -0.258. The van der Waals surface area contributed by atoms with E-state index in [-0.39, 0.29) is 17.7 Å². The predicted molar refractivity (Wildman–Crippen MR) is 115 cm³/mol. The molecule has 0 unspecified atom stereocenters. The van der Waals surface area contributed by atoms with E-state index in [9.17, 15) is 9.59 Å². The molecular formula is C22H19ClN2O2S. The van der Waals surface area contributed by atoms with Gasteiger partial charge in [-0.2, -0.15) is 0 Å². The number of para-hydroxylation sites is 1. The molecule has 28 heavy (non-hydrogen) atoms. The number of carbonyl (C=O) groups excluding carboxylic acids is 2. The van der Waals surface area contributed by atoms with Gasteiger partial charge in [0, 0.05) is 33.7 Å². The van der Waals surface area contributed by atoms with E-state index in [0.717, 1.165) is 33.8 Å². The molecule has 2 heterocycles. The van der Waals surface area contributed by atoms with Gasteiger partial charge in [-0.1, -0.05) is 41.9 Å². The molecule has 1 aliphatic rings. The van der Waals surface area contributed by atoms with Crippen molar-refractivity contribution < 1.29 is 9.59 Å². The number of halogens is 1. The van der Waals surface area contributed by atoms with Crippen LogP contribution in [0.4, 0.5) is 4.79 Å². The zero-order valence-corrected chi connectivity index (χ0v) is 17.1. The van der Waals surface area contributed by atoms with Crippen molar-refractivity contribution in [2.75, 3.05) is 0 Å². The van der Waals surface area contributed by atoms with Crippen LogP contribution in [-0.4, -0.2) is 20.6 Å². The highest BCUT2D eigenvalue weighted by Crippen LogP contribution is 2.35. The minimum Gasteiger partial charge on any atom is -0.344 e. The number of imide groups is 1. The summed E-state index contributed by atoms with van der Waals surface area (Å²) in [6.45, 7) is 4.49. The minimum atomic E-state index is -0.258. The highest BCUT2D eigenvalue weighted by Gasteiger charge is 2.35. The Labute approximate surface area is 172 Å². The van der Waals surface area contributed by atoms with E-state index in [2.05, 4.69) is 24.5 Å². The highest BCUT2D eigenvalue weighted by molar-refractivity contribution is 8.18. The molecule has 0 N–H and O–H groups in total. The fourth-order valence-electron chi connectivity index (χ4n) is 3.32. The molecule has 4 rings (SSSR count). The van der Waals surface area contributed by atoms with Gasteiger partial charge in [0.1, 0.15) is 0 Å². The van der Waals surface area contributed by atoms with Crippen molar-refractivity contribution in [1.82, 2.24) is 9.47 Å². The monoisotopic (exact) mass is 410 g/mol. The largest absolute Gasteiger partial charge is 0.344 e. The number of nitrogens with zero attached hydrogens (tertiary/aromatic N) is 2. The minimum absolute atomic E-state index is 0.243. The van der Waals surface area contributed by atoms with E-state index in [4.69, 9.17) is 11.6 Å². The van der Waals surface area contributed by atoms with E-state index < -0.39 is 0 Å². The van der Waals surface area contributed by atoms with Gasteiger partial charge in [0.25, 0.3) is 11.1 Å². The summed E-state index contributed by atoms with van der Waals surface area (Å²) < 4.78 is 2.18. The van der Waals surface area contributed by atoms with Crippen LogP contribution in [0, 0.1) is 0 Å². The Morgan fingerprint density at radius 2 is 1.79 bits per heavy atom. The van der Waals surface area contributed by atoms with Gasteiger partial charge in [0.2, 0.25) is 0 Å². The molecule has 1 aliphatic heterocycles. The van der Waals surface area contributed by atoms with Crippen molar-refractivity contribution >= 4 is 51.5 Å². The number of fused-ring (bicyclic) bond motifs is 1. The van der Waals surface area contributed by atoms with Crippen LogP contribution in [0.2, 0.25) is 5.02 Å². The van der Waals surface area contributed by atoms with Crippen molar-refractivity contribution in [1.29, 1.82) is 0 Å². The molecule has 142 valence electrons. The topological polar surface area (TPSA) is 42.3 Å². The van der Waals surface area contributed by atoms with Crippen molar-refractivity contribution in [2.45, 2.75) is 26.4 Å². The number of benzene rings is 2. The fourth-order valence-corrected chi connectivity index (χ4v) is 4.28. The molecule has 0 saturated carbocycles. The Kier molecular flexibility index (Phi) is 5.04. The number of thioether (sulfide) groups is 1. The van der Waals surface area contributed by atoms with Crippen LogP contribution in [0.1, 0.15) is 31.0 Å². The van der Waals surface area contributed by atoms with Gasteiger partial charge in [-0.15, -0.1) is 0 Å². The highest BCUT2D eigenvalue weighted by atomic mass is 35.5. The molecule has 0 bridgehead atoms. The van der Waals surface area contributed by atoms with Gasteiger partial charge in [0.05, 0.1) is 11.4 Å². The maximum atomic E-state index is 12.9. The zero-order chi connectivity index (χ0) is 19.8. The second kappa shape index (κ2) is 7.49. The molecule has 1 fully saturated rings. The van der Waals surface area contributed by atoms with Gasteiger partial charge in [-0.05, 0) is 55.4 Å². The van der Waals surface area contributed by atoms with Crippen LogP contribution in [0.3, 0.4) is 0 Å². The van der Waals surface area contributed by atoms with E-state index in [0.29, 0.717) is 16.0 Å². The molecular weight excluding hydrogens is 392 g/mol. The van der Waals surface area contributed by atoms with E-state index in [1.54, 1.807) is 12.1 Å². The number of rotatable bonds is 4. The number of amides is 2. The number of hydrogen-bond acceptors (Lipinski definition) is 3. The van der Waals surface area contributed by atoms with E-state index >= 15 is 0 Å². The van der Waals surface area contributed by atoms with E-state index in [1.165, 1.54) is 4.90 Å². The van der Waals surface area contributed by atoms with Gasteiger partial charge < -0.3 is 4.57 Å². The number of aromatic nitrogens is 1. The van der Waals surface area contributed by atoms with Crippen LogP contribution in [0.5, 0.6) is 0 Å². The quantitative estimate of drug-likeness (QED) is 0.487. The van der Waals surface area contributed by atoms with Crippen LogP contribution in [-0.2, 0) is 11.3 Å². The maximum absolute atomic E-state index is 12.9. The lowest BCUT2D eigenvalue weighted by molar-refractivity contribution is -0.123. The fraction of sp³-hybridized carbons (Fsp3) is 0.182. The molecule has 6 heteroatoms. The second-order valence-electron chi connectivity index (χ2n) is 7.00. The number of carbonyl (C=O) groups is 2. The first-order valence-electron chi connectivity index (χ1n) is 9.03. The molecule has 0 spiro atoms. The SMILES string of the molecule is CC(C)n1cc(/C=C2/SC(=O)N(Cc3ccc(Cl)cc3)C2=O)c2ccccc21. The summed E-state index contributed by atoms with van der Waals surface area (Å²) in [4.78, 5) is 27.0. The number of hydrogen-bond donors (Lipinski definition) is 0. The average molecular weight is 411 g/mol. The van der Waals surface area contributed by atoms with Crippen LogP contribution >= 0.6 is 23.4 Å². The van der Waals surface area contributed by atoms with Gasteiger partial charge in [0.15, 0.2) is 0 Å². The zero-order valence-electron chi connectivity index (χ0n) is 15.6. The third-order valence-electron chi connectivity index (χ3n) is 4.74. The van der Waals surface area contributed by atoms with Crippen molar-refractivity contribution in [3.8, 4) is 0 Å². The van der Waals surface area contributed by atoms with E-state index in [1.807, 2.05) is 42.6 Å². The third-order valence-corrected chi connectivity index (χ3v) is 5.90. The van der Waals surface area contributed by atoms with Crippen molar-refractivity contribution in [3.05, 3.63) is 75.8 Å². The summed E-state index contributed by atoms with van der Waals surface area (Å²) in [5, 5.41) is 1.44. The molecule has 4 nitrogen and oxygen atoms in total. The molecule has 1 aromatic heterocycles. The Balaban J connectivity index is 1.66. The Bertz CT molecular complexity index is 1100. The summed E-state index contributed by atoms with van der Waals surface area (Å²) in [6.07, 6.45) is 3.87. The average Bonchev–Trinajstić information content (AvgIpc) is 3.17.